The van der Waals surface area contributed by atoms with E-state index >= 15 is 0 Å². The average molecular weight is 334 g/mol. The highest BCUT2D eigenvalue weighted by molar-refractivity contribution is 5.68. The molecule has 1 aromatic carbocycles. The predicted octanol–water partition coefficient (Wildman–Crippen LogP) is 5.01. The number of benzene rings is 1. The maximum Gasteiger partial charge on any atom is 0.184 e. The SMILES string of the molecule is C=C(C=O)OCCCCCCCCCCCOc1ccc(O)cc1. The first-order chi connectivity index (χ1) is 11.7. The van der Waals surface area contributed by atoms with Crippen LogP contribution in [0.4, 0.5) is 0 Å². The van der Waals surface area contributed by atoms with Gasteiger partial charge in [-0.15, -0.1) is 0 Å². The molecule has 0 radical (unpaired) electrons. The molecule has 24 heavy (non-hydrogen) atoms. The molecule has 0 fully saturated rings. The van der Waals surface area contributed by atoms with Crippen LogP contribution < -0.4 is 4.74 Å². The van der Waals surface area contributed by atoms with Crippen LogP contribution in [-0.2, 0) is 9.53 Å². The Kier molecular flexibility index (Phi) is 11.3. The molecule has 1 N–H and O–H groups in total. The van der Waals surface area contributed by atoms with E-state index in [1.165, 1.54) is 38.5 Å². The van der Waals surface area contributed by atoms with E-state index in [0.717, 1.165) is 31.6 Å². The third-order valence-electron chi connectivity index (χ3n) is 3.81. The van der Waals surface area contributed by atoms with E-state index < -0.39 is 0 Å². The van der Waals surface area contributed by atoms with Crippen LogP contribution in [0.15, 0.2) is 36.6 Å². The van der Waals surface area contributed by atoms with Crippen LogP contribution >= 0.6 is 0 Å². The Morgan fingerprint density at radius 2 is 1.38 bits per heavy atom. The highest BCUT2D eigenvalue weighted by Crippen LogP contribution is 2.16. The van der Waals surface area contributed by atoms with Crippen LogP contribution in [0.1, 0.15) is 57.8 Å². The summed E-state index contributed by atoms with van der Waals surface area (Å²) in [6.45, 7) is 4.80. The van der Waals surface area contributed by atoms with Crippen molar-refractivity contribution in [2.24, 2.45) is 0 Å². The Labute approximate surface area is 145 Å². The van der Waals surface area contributed by atoms with E-state index in [9.17, 15) is 9.90 Å². The second-order valence-electron chi connectivity index (χ2n) is 5.96. The van der Waals surface area contributed by atoms with Crippen molar-refractivity contribution in [3.05, 3.63) is 36.6 Å². The number of carbonyl (C=O) groups is 1. The van der Waals surface area contributed by atoms with Crippen molar-refractivity contribution in [1.29, 1.82) is 0 Å². The molecule has 0 bridgehead atoms. The van der Waals surface area contributed by atoms with Gasteiger partial charge < -0.3 is 14.6 Å². The van der Waals surface area contributed by atoms with Crippen molar-refractivity contribution in [3.8, 4) is 11.5 Å². The van der Waals surface area contributed by atoms with E-state index in [1.54, 1.807) is 24.3 Å². The third kappa shape index (κ3) is 10.7. The van der Waals surface area contributed by atoms with Crippen LogP contribution in [0.25, 0.3) is 0 Å². The minimum atomic E-state index is 0.226. The molecule has 0 saturated carbocycles. The first-order valence-corrected chi connectivity index (χ1v) is 8.91. The second kappa shape index (κ2) is 13.5. The lowest BCUT2D eigenvalue weighted by Gasteiger charge is -2.06. The molecule has 1 rings (SSSR count). The first-order valence-electron chi connectivity index (χ1n) is 8.91. The van der Waals surface area contributed by atoms with E-state index in [1.807, 2.05) is 0 Å². The predicted molar refractivity (Wildman–Crippen MR) is 96.3 cm³/mol. The fraction of sp³-hybridized carbons (Fsp3) is 0.550. The Balaban J connectivity index is 1.80. The summed E-state index contributed by atoms with van der Waals surface area (Å²) in [6.07, 6.45) is 11.3. The number of aromatic hydroxyl groups is 1. The summed E-state index contributed by atoms with van der Waals surface area (Å²) in [7, 11) is 0. The Morgan fingerprint density at radius 1 is 0.875 bits per heavy atom. The minimum Gasteiger partial charge on any atom is -0.508 e. The van der Waals surface area contributed by atoms with Gasteiger partial charge in [0.1, 0.15) is 11.5 Å². The smallest absolute Gasteiger partial charge is 0.184 e. The molecular weight excluding hydrogens is 304 g/mol. The highest BCUT2D eigenvalue weighted by Gasteiger charge is 1.96. The number of hydrogen-bond acceptors (Lipinski definition) is 4. The van der Waals surface area contributed by atoms with Gasteiger partial charge in [-0.05, 0) is 37.1 Å². The van der Waals surface area contributed by atoms with Crippen LogP contribution in [0.3, 0.4) is 0 Å². The lowest BCUT2D eigenvalue weighted by Crippen LogP contribution is -1.97. The van der Waals surface area contributed by atoms with Crippen molar-refractivity contribution < 1.29 is 19.4 Å². The maximum absolute atomic E-state index is 10.3. The summed E-state index contributed by atoms with van der Waals surface area (Å²) in [6, 6.07) is 6.85. The van der Waals surface area contributed by atoms with Gasteiger partial charge in [-0.25, -0.2) is 0 Å². The van der Waals surface area contributed by atoms with Gasteiger partial charge >= 0.3 is 0 Å². The van der Waals surface area contributed by atoms with Gasteiger partial charge in [-0.1, -0.05) is 51.5 Å². The molecule has 4 heteroatoms. The number of allylic oxidation sites excluding steroid dienone is 1. The lowest BCUT2D eigenvalue weighted by molar-refractivity contribution is -0.107. The van der Waals surface area contributed by atoms with Gasteiger partial charge in [-0.3, -0.25) is 4.79 Å². The molecule has 0 amide bonds. The topological polar surface area (TPSA) is 55.8 Å². The number of unbranched alkanes of at least 4 members (excludes halogenated alkanes) is 8. The summed E-state index contributed by atoms with van der Waals surface area (Å²) < 4.78 is 10.7. The molecule has 0 saturated heterocycles. The molecule has 1 aromatic rings. The molecule has 0 heterocycles. The largest absolute Gasteiger partial charge is 0.508 e. The summed E-state index contributed by atoms with van der Waals surface area (Å²) in [5, 5.41) is 9.18. The van der Waals surface area contributed by atoms with Gasteiger partial charge in [0.25, 0.3) is 0 Å². The van der Waals surface area contributed by atoms with E-state index in [-0.39, 0.29) is 11.5 Å². The van der Waals surface area contributed by atoms with Crippen molar-refractivity contribution in [3.63, 3.8) is 0 Å². The molecular formula is C20H30O4. The van der Waals surface area contributed by atoms with Crippen molar-refractivity contribution in [2.75, 3.05) is 13.2 Å². The van der Waals surface area contributed by atoms with Crippen molar-refractivity contribution >= 4 is 6.29 Å². The van der Waals surface area contributed by atoms with Gasteiger partial charge in [0.15, 0.2) is 12.0 Å². The molecule has 0 aliphatic carbocycles. The lowest BCUT2D eigenvalue weighted by atomic mass is 10.1. The first kappa shape index (κ1) is 20.1. The van der Waals surface area contributed by atoms with Crippen LogP contribution in [-0.4, -0.2) is 24.6 Å². The van der Waals surface area contributed by atoms with Crippen LogP contribution in [0.5, 0.6) is 11.5 Å². The maximum atomic E-state index is 10.3. The fourth-order valence-electron chi connectivity index (χ4n) is 2.41. The van der Waals surface area contributed by atoms with Gasteiger partial charge in [-0.2, -0.15) is 0 Å². The quantitative estimate of drug-likeness (QED) is 0.212. The molecule has 0 atom stereocenters. The average Bonchev–Trinajstić information content (AvgIpc) is 2.60. The Hall–Kier alpha value is -1.97. The summed E-state index contributed by atoms with van der Waals surface area (Å²) in [5.41, 5.74) is 0. The van der Waals surface area contributed by atoms with E-state index in [4.69, 9.17) is 9.47 Å². The summed E-state index contributed by atoms with van der Waals surface area (Å²) in [4.78, 5) is 10.3. The van der Waals surface area contributed by atoms with E-state index in [2.05, 4.69) is 6.58 Å². The number of ether oxygens (including phenoxy) is 2. The number of aldehydes is 1. The number of hydrogen-bond donors (Lipinski definition) is 1. The zero-order valence-electron chi connectivity index (χ0n) is 14.5. The van der Waals surface area contributed by atoms with E-state index in [0.29, 0.717) is 12.9 Å². The molecule has 0 unspecified atom stereocenters. The molecule has 0 aromatic heterocycles. The number of rotatable bonds is 15. The molecule has 0 spiro atoms. The summed E-state index contributed by atoms with van der Waals surface area (Å²) in [5.74, 6) is 1.30. The zero-order chi connectivity index (χ0) is 17.5. The number of carbonyl (C=O) groups excluding carboxylic acids is 1. The molecule has 134 valence electrons. The van der Waals surface area contributed by atoms with Gasteiger partial charge in [0.05, 0.1) is 13.2 Å². The third-order valence-corrected chi connectivity index (χ3v) is 3.81. The minimum absolute atomic E-state index is 0.226. The highest BCUT2D eigenvalue weighted by atomic mass is 16.5. The normalized spacial score (nSPS) is 10.3. The number of phenols is 1. The molecule has 0 aliphatic heterocycles. The van der Waals surface area contributed by atoms with Crippen LogP contribution in [0, 0.1) is 0 Å². The van der Waals surface area contributed by atoms with Gasteiger partial charge in [0, 0.05) is 0 Å². The van der Waals surface area contributed by atoms with Crippen molar-refractivity contribution in [2.45, 2.75) is 57.8 Å². The second-order valence-corrected chi connectivity index (χ2v) is 5.96. The fourth-order valence-corrected chi connectivity index (χ4v) is 2.41. The van der Waals surface area contributed by atoms with Crippen LogP contribution in [0.2, 0.25) is 0 Å². The number of phenolic OH excluding ortho intramolecular Hbond substituents is 1. The Morgan fingerprint density at radius 3 is 1.92 bits per heavy atom. The standard InChI is InChI=1S/C20H30O4/c1-18(17-21)23-15-9-7-5-3-2-4-6-8-10-16-24-20-13-11-19(22)12-14-20/h11-14,17,22H,1-10,15-16H2. The molecule has 4 nitrogen and oxygen atoms in total. The van der Waals surface area contributed by atoms with Gasteiger partial charge in [0.2, 0.25) is 0 Å². The summed E-state index contributed by atoms with van der Waals surface area (Å²) >= 11 is 0. The zero-order valence-corrected chi connectivity index (χ0v) is 14.5. The monoisotopic (exact) mass is 334 g/mol. The molecule has 0 aliphatic rings. The van der Waals surface area contributed by atoms with Crippen molar-refractivity contribution in [1.82, 2.24) is 0 Å². The Bertz CT molecular complexity index is 453.